The van der Waals surface area contributed by atoms with Crippen molar-refractivity contribution in [1.29, 1.82) is 0 Å². The van der Waals surface area contributed by atoms with Gasteiger partial charge in [-0.15, -0.1) is 0 Å². The fourth-order valence-corrected chi connectivity index (χ4v) is 8.42. The van der Waals surface area contributed by atoms with E-state index < -0.39 is 16.4 Å². The largest absolute Gasteiger partial charge is 0.409 e. The van der Waals surface area contributed by atoms with Gasteiger partial charge in [-0.3, -0.25) is 0 Å². The zero-order chi connectivity index (χ0) is 20.0. The molecule has 2 atom stereocenters. The Labute approximate surface area is 163 Å². The standard InChI is InChI=1S/C22H40O2Si2/c1-9-26(10-2,11-3)18-20(17-23)21(19-15-13-12-14-16-19)24-25(7,8)22(4,5)6/h12-17,20-21H,9-11,18H2,1-8H3. The van der Waals surface area contributed by atoms with Gasteiger partial charge in [0, 0.05) is 5.92 Å². The third kappa shape index (κ3) is 5.64. The number of hydrogen-bond acceptors (Lipinski definition) is 2. The highest BCUT2D eigenvalue weighted by atomic mass is 28.4. The molecule has 148 valence electrons. The van der Waals surface area contributed by atoms with Crippen molar-refractivity contribution in [3.05, 3.63) is 35.9 Å². The quantitative estimate of drug-likeness (QED) is 0.314. The highest BCUT2D eigenvalue weighted by Crippen LogP contribution is 2.43. The molecule has 1 rings (SSSR count). The first-order valence-corrected chi connectivity index (χ1v) is 16.0. The van der Waals surface area contributed by atoms with Gasteiger partial charge in [0.25, 0.3) is 0 Å². The van der Waals surface area contributed by atoms with E-state index >= 15 is 0 Å². The van der Waals surface area contributed by atoms with Crippen molar-refractivity contribution >= 4 is 22.7 Å². The first kappa shape index (κ1) is 23.3. The fourth-order valence-electron chi connectivity index (χ4n) is 3.45. The summed E-state index contributed by atoms with van der Waals surface area (Å²) in [6, 6.07) is 15.2. The van der Waals surface area contributed by atoms with Gasteiger partial charge in [-0.25, -0.2) is 0 Å². The van der Waals surface area contributed by atoms with Crippen LogP contribution in [0.15, 0.2) is 30.3 Å². The summed E-state index contributed by atoms with van der Waals surface area (Å²) in [4.78, 5) is 12.2. The molecule has 0 saturated heterocycles. The van der Waals surface area contributed by atoms with Crippen molar-refractivity contribution in [3.63, 3.8) is 0 Å². The summed E-state index contributed by atoms with van der Waals surface area (Å²) in [7, 11) is -3.39. The fraction of sp³-hybridized carbons (Fsp3) is 0.682. The predicted octanol–water partition coefficient (Wildman–Crippen LogP) is 7.07. The molecule has 0 aromatic heterocycles. The SMILES string of the molecule is CC[Si](CC)(CC)CC(C=O)C(O[Si](C)(C)C(C)(C)C)c1ccccc1. The summed E-state index contributed by atoms with van der Waals surface area (Å²) in [6.45, 7) is 18.3. The molecular formula is C22H40O2Si2. The minimum Gasteiger partial charge on any atom is -0.409 e. The first-order chi connectivity index (χ1) is 12.1. The summed E-state index contributed by atoms with van der Waals surface area (Å²) in [5.41, 5.74) is 1.15. The molecule has 0 aliphatic rings. The lowest BCUT2D eigenvalue weighted by Gasteiger charge is -2.42. The highest BCUT2D eigenvalue weighted by Gasteiger charge is 2.42. The van der Waals surface area contributed by atoms with Crippen LogP contribution in [0.25, 0.3) is 0 Å². The Morgan fingerprint density at radius 3 is 1.88 bits per heavy atom. The Kier molecular flexibility index (Phi) is 8.50. The maximum absolute atomic E-state index is 12.2. The molecule has 1 aromatic rings. The molecule has 0 amide bonds. The van der Waals surface area contributed by atoms with E-state index in [0.717, 1.165) is 11.6 Å². The van der Waals surface area contributed by atoms with Crippen molar-refractivity contribution in [2.75, 3.05) is 0 Å². The average Bonchev–Trinajstić information content (AvgIpc) is 2.62. The number of carbonyl (C=O) groups excluding carboxylic acids is 1. The maximum Gasteiger partial charge on any atom is 0.192 e. The molecule has 1 aromatic carbocycles. The van der Waals surface area contributed by atoms with Crippen LogP contribution in [0.2, 0.25) is 42.3 Å². The molecule has 0 heterocycles. The Balaban J connectivity index is 3.28. The molecule has 0 N–H and O–H groups in total. The Hall–Kier alpha value is -0.716. The van der Waals surface area contributed by atoms with Crippen molar-refractivity contribution in [3.8, 4) is 0 Å². The van der Waals surface area contributed by atoms with Gasteiger partial charge in [0.05, 0.1) is 14.2 Å². The summed E-state index contributed by atoms with van der Waals surface area (Å²) >= 11 is 0. The molecular weight excluding hydrogens is 352 g/mol. The second kappa shape index (κ2) is 9.47. The van der Waals surface area contributed by atoms with Gasteiger partial charge >= 0.3 is 0 Å². The zero-order valence-electron chi connectivity index (χ0n) is 18.3. The predicted molar refractivity (Wildman–Crippen MR) is 119 cm³/mol. The summed E-state index contributed by atoms with van der Waals surface area (Å²) < 4.78 is 6.85. The monoisotopic (exact) mass is 392 g/mol. The second-order valence-corrected chi connectivity index (χ2v) is 19.6. The summed E-state index contributed by atoms with van der Waals surface area (Å²) in [5, 5.41) is 0.127. The van der Waals surface area contributed by atoms with E-state index in [2.05, 4.69) is 78.9 Å². The van der Waals surface area contributed by atoms with Crippen LogP contribution < -0.4 is 0 Å². The van der Waals surface area contributed by atoms with Crippen LogP contribution in [0.1, 0.15) is 53.2 Å². The Bertz CT molecular complexity index is 537. The zero-order valence-corrected chi connectivity index (χ0v) is 20.3. The van der Waals surface area contributed by atoms with E-state index in [-0.39, 0.29) is 17.1 Å². The van der Waals surface area contributed by atoms with E-state index in [1.165, 1.54) is 24.4 Å². The minimum atomic E-state index is -1.98. The van der Waals surface area contributed by atoms with Crippen LogP contribution >= 0.6 is 0 Å². The molecule has 0 spiro atoms. The van der Waals surface area contributed by atoms with Crippen molar-refractivity contribution in [2.45, 2.75) is 90.0 Å². The maximum atomic E-state index is 12.2. The molecule has 0 aliphatic heterocycles. The molecule has 0 fully saturated rings. The van der Waals surface area contributed by atoms with Gasteiger partial charge in [0.2, 0.25) is 0 Å². The van der Waals surface area contributed by atoms with Crippen LogP contribution in [0.3, 0.4) is 0 Å². The molecule has 0 saturated carbocycles. The van der Waals surface area contributed by atoms with E-state index in [1.54, 1.807) is 0 Å². The van der Waals surface area contributed by atoms with Gasteiger partial charge in [0.15, 0.2) is 8.32 Å². The lowest BCUT2D eigenvalue weighted by Crippen LogP contribution is -2.44. The van der Waals surface area contributed by atoms with Crippen LogP contribution in [-0.4, -0.2) is 22.7 Å². The van der Waals surface area contributed by atoms with E-state index in [9.17, 15) is 4.79 Å². The van der Waals surface area contributed by atoms with E-state index in [4.69, 9.17) is 4.43 Å². The van der Waals surface area contributed by atoms with Gasteiger partial charge in [-0.05, 0) is 29.7 Å². The minimum absolute atomic E-state index is 0.0435. The summed E-state index contributed by atoms with van der Waals surface area (Å²) in [6.07, 6.45) is 1.07. The first-order valence-electron chi connectivity index (χ1n) is 10.2. The van der Waals surface area contributed by atoms with Gasteiger partial charge in [-0.1, -0.05) is 90.0 Å². The lowest BCUT2D eigenvalue weighted by molar-refractivity contribution is -0.113. The molecule has 0 radical (unpaired) electrons. The smallest absolute Gasteiger partial charge is 0.192 e. The van der Waals surface area contributed by atoms with Crippen molar-refractivity contribution in [2.24, 2.45) is 5.92 Å². The number of aldehydes is 1. The van der Waals surface area contributed by atoms with E-state index in [0.29, 0.717) is 0 Å². The Morgan fingerprint density at radius 2 is 1.50 bits per heavy atom. The van der Waals surface area contributed by atoms with Crippen LogP contribution in [-0.2, 0) is 9.22 Å². The number of carbonyl (C=O) groups is 1. The van der Waals surface area contributed by atoms with Crippen molar-refractivity contribution < 1.29 is 9.22 Å². The molecule has 26 heavy (non-hydrogen) atoms. The molecule has 0 aliphatic carbocycles. The summed E-state index contributed by atoms with van der Waals surface area (Å²) in [5.74, 6) is -0.0435. The van der Waals surface area contributed by atoms with Crippen LogP contribution in [0, 0.1) is 5.92 Å². The van der Waals surface area contributed by atoms with Crippen LogP contribution in [0.4, 0.5) is 0 Å². The number of rotatable bonds is 10. The van der Waals surface area contributed by atoms with Gasteiger partial charge < -0.3 is 9.22 Å². The third-order valence-corrected chi connectivity index (χ3v) is 17.1. The molecule has 2 unspecified atom stereocenters. The Morgan fingerprint density at radius 1 is 1.00 bits per heavy atom. The lowest BCUT2D eigenvalue weighted by atomic mass is 9.99. The van der Waals surface area contributed by atoms with Gasteiger partial charge in [-0.2, -0.15) is 0 Å². The normalized spacial score (nSPS) is 15.5. The topological polar surface area (TPSA) is 26.3 Å². The van der Waals surface area contributed by atoms with E-state index in [1.807, 2.05) is 6.07 Å². The van der Waals surface area contributed by atoms with Crippen LogP contribution in [0.5, 0.6) is 0 Å². The molecule has 4 heteroatoms. The molecule has 2 nitrogen and oxygen atoms in total. The number of hydrogen-bond donors (Lipinski definition) is 0. The van der Waals surface area contributed by atoms with Gasteiger partial charge in [0.1, 0.15) is 6.29 Å². The average molecular weight is 393 g/mol. The highest BCUT2D eigenvalue weighted by molar-refractivity contribution is 6.79. The molecule has 0 bridgehead atoms. The number of benzene rings is 1. The third-order valence-electron chi connectivity index (χ3n) is 6.84. The van der Waals surface area contributed by atoms with Crippen molar-refractivity contribution in [1.82, 2.24) is 0 Å². The second-order valence-electron chi connectivity index (χ2n) is 9.27.